The van der Waals surface area contributed by atoms with Crippen molar-refractivity contribution in [1.29, 1.82) is 0 Å². The third-order valence-electron chi connectivity index (χ3n) is 4.37. The molecule has 0 bridgehead atoms. The lowest BCUT2D eigenvalue weighted by molar-refractivity contribution is 0.167. The number of amides is 2. The number of β-amino-alcohol motifs (C(OH)–C–C–N with tert-alkyl or cyclic N) is 1. The van der Waals surface area contributed by atoms with Crippen LogP contribution >= 0.6 is 11.3 Å². The number of likely N-dealkylation sites (tertiary alicyclic amines) is 1. The van der Waals surface area contributed by atoms with Crippen LogP contribution < -0.4 is 5.32 Å². The van der Waals surface area contributed by atoms with E-state index in [4.69, 9.17) is 0 Å². The topological polar surface area (TPSA) is 52.6 Å². The predicted octanol–water partition coefficient (Wildman–Crippen LogP) is 3.86. The Morgan fingerprint density at radius 2 is 2.29 bits per heavy atom. The van der Waals surface area contributed by atoms with E-state index in [-0.39, 0.29) is 30.5 Å². The number of nitrogens with zero attached hydrogens (tertiary/aromatic N) is 1. The van der Waals surface area contributed by atoms with Gasteiger partial charge >= 0.3 is 6.03 Å². The van der Waals surface area contributed by atoms with Crippen molar-refractivity contribution in [2.24, 2.45) is 0 Å². The summed E-state index contributed by atoms with van der Waals surface area (Å²) in [5.74, 6) is -0.334. The van der Waals surface area contributed by atoms with Gasteiger partial charge in [-0.25, -0.2) is 9.18 Å². The molecule has 1 aliphatic rings. The van der Waals surface area contributed by atoms with Gasteiger partial charge in [0.05, 0.1) is 18.2 Å². The van der Waals surface area contributed by atoms with Crippen LogP contribution in [0.15, 0.2) is 41.8 Å². The monoisotopic (exact) mass is 348 g/mol. The average molecular weight is 348 g/mol. The number of benzene rings is 1. The third kappa shape index (κ3) is 3.60. The number of carbonyl (C=O) groups is 1. The second-order valence-electron chi connectivity index (χ2n) is 6.04. The molecule has 1 aromatic heterocycles. The number of aliphatic hydroxyl groups excluding tert-OH is 1. The highest BCUT2D eigenvalue weighted by atomic mass is 32.1. The van der Waals surface area contributed by atoms with Crippen LogP contribution in [-0.4, -0.2) is 28.7 Å². The number of rotatable bonds is 4. The van der Waals surface area contributed by atoms with Crippen LogP contribution in [0, 0.1) is 5.82 Å². The molecule has 0 aliphatic carbocycles. The fourth-order valence-electron chi connectivity index (χ4n) is 3.16. The highest BCUT2D eigenvalue weighted by Gasteiger charge is 2.36. The van der Waals surface area contributed by atoms with E-state index in [2.05, 4.69) is 5.32 Å². The molecule has 2 amide bonds. The highest BCUT2D eigenvalue weighted by Crippen LogP contribution is 2.33. The first-order valence-corrected chi connectivity index (χ1v) is 9.00. The van der Waals surface area contributed by atoms with E-state index >= 15 is 0 Å². The smallest absolute Gasteiger partial charge is 0.318 e. The molecular weight excluding hydrogens is 327 g/mol. The van der Waals surface area contributed by atoms with Crippen LogP contribution in [0.1, 0.15) is 42.3 Å². The quantitative estimate of drug-likeness (QED) is 0.882. The highest BCUT2D eigenvalue weighted by molar-refractivity contribution is 7.10. The minimum atomic E-state index is -0.592. The molecular formula is C18H21FN2O2S. The summed E-state index contributed by atoms with van der Waals surface area (Å²) in [7, 11) is 0. The molecule has 0 spiro atoms. The van der Waals surface area contributed by atoms with Crippen molar-refractivity contribution >= 4 is 17.4 Å². The molecule has 1 fully saturated rings. The molecule has 1 aliphatic heterocycles. The van der Waals surface area contributed by atoms with Gasteiger partial charge in [-0.05, 0) is 42.0 Å². The molecule has 2 aromatic rings. The minimum absolute atomic E-state index is 0.0524. The molecule has 3 atom stereocenters. The summed E-state index contributed by atoms with van der Waals surface area (Å²) in [6, 6.07) is 9.62. The van der Waals surface area contributed by atoms with Crippen molar-refractivity contribution < 1.29 is 14.3 Å². The Hall–Kier alpha value is -1.92. The predicted molar refractivity (Wildman–Crippen MR) is 92.4 cm³/mol. The Balaban J connectivity index is 1.77. The van der Waals surface area contributed by atoms with Gasteiger partial charge in [0.1, 0.15) is 5.82 Å². The second-order valence-corrected chi connectivity index (χ2v) is 7.02. The van der Waals surface area contributed by atoms with E-state index in [9.17, 15) is 14.3 Å². The van der Waals surface area contributed by atoms with E-state index in [0.717, 1.165) is 11.3 Å². The van der Waals surface area contributed by atoms with Gasteiger partial charge in [0.15, 0.2) is 0 Å². The second kappa shape index (κ2) is 7.32. The van der Waals surface area contributed by atoms with E-state index in [1.54, 1.807) is 28.4 Å². The molecule has 0 radical (unpaired) electrons. The van der Waals surface area contributed by atoms with Gasteiger partial charge < -0.3 is 15.3 Å². The summed E-state index contributed by atoms with van der Waals surface area (Å²) < 4.78 is 13.5. The molecule has 24 heavy (non-hydrogen) atoms. The van der Waals surface area contributed by atoms with Crippen LogP contribution in [0.3, 0.4) is 0 Å². The number of aliphatic hydroxyl groups is 1. The van der Waals surface area contributed by atoms with Crippen molar-refractivity contribution in [1.82, 2.24) is 10.2 Å². The van der Waals surface area contributed by atoms with Crippen LogP contribution in [0.4, 0.5) is 9.18 Å². The summed E-state index contributed by atoms with van der Waals surface area (Å²) in [5.41, 5.74) is 0.714. The van der Waals surface area contributed by atoms with E-state index in [0.29, 0.717) is 12.0 Å². The number of carbonyl (C=O) groups excluding carboxylic acids is 1. The first kappa shape index (κ1) is 16.9. The lowest BCUT2D eigenvalue weighted by Gasteiger charge is -2.27. The van der Waals surface area contributed by atoms with Crippen molar-refractivity contribution in [2.45, 2.75) is 38.0 Å². The van der Waals surface area contributed by atoms with Crippen molar-refractivity contribution in [3.05, 3.63) is 58.0 Å². The molecule has 3 rings (SSSR count). The Morgan fingerprint density at radius 1 is 1.46 bits per heavy atom. The number of halogens is 1. The summed E-state index contributed by atoms with van der Waals surface area (Å²) >= 11 is 1.61. The standard InChI is InChI=1S/C18H21FN2O2S/c1-2-15(17-7-4-8-24-17)20-18(23)21-11-14(22)10-16(21)12-5-3-6-13(19)9-12/h3-9,14-16,22H,2,10-11H2,1H3,(H,20,23)/t14-,15-,16+/m0/s1. The van der Waals surface area contributed by atoms with Crippen molar-refractivity contribution in [2.75, 3.05) is 6.54 Å². The molecule has 128 valence electrons. The Bertz CT molecular complexity index is 692. The van der Waals surface area contributed by atoms with Gasteiger partial charge in [0, 0.05) is 11.4 Å². The summed E-state index contributed by atoms with van der Waals surface area (Å²) in [4.78, 5) is 15.5. The van der Waals surface area contributed by atoms with Crippen molar-refractivity contribution in [3.8, 4) is 0 Å². The maximum Gasteiger partial charge on any atom is 0.318 e. The summed E-state index contributed by atoms with van der Waals surface area (Å²) in [6.45, 7) is 2.28. The van der Waals surface area contributed by atoms with Gasteiger partial charge in [0.2, 0.25) is 0 Å². The third-order valence-corrected chi connectivity index (χ3v) is 5.35. The average Bonchev–Trinajstić information content (AvgIpc) is 3.22. The number of urea groups is 1. The molecule has 4 nitrogen and oxygen atoms in total. The van der Waals surface area contributed by atoms with Crippen LogP contribution in [-0.2, 0) is 0 Å². The normalized spacial score (nSPS) is 21.7. The molecule has 2 heterocycles. The van der Waals surface area contributed by atoms with Crippen LogP contribution in [0.25, 0.3) is 0 Å². The molecule has 1 aromatic carbocycles. The summed E-state index contributed by atoms with van der Waals surface area (Å²) in [6.07, 6.45) is 0.616. The molecule has 6 heteroatoms. The van der Waals surface area contributed by atoms with Gasteiger partial charge in [-0.15, -0.1) is 11.3 Å². The maximum atomic E-state index is 13.5. The van der Waals surface area contributed by atoms with Gasteiger partial charge in [-0.3, -0.25) is 0 Å². The van der Waals surface area contributed by atoms with Gasteiger partial charge in [-0.2, -0.15) is 0 Å². The SMILES string of the molecule is CC[C@H](NC(=O)N1C[C@@H](O)C[C@@H]1c1cccc(F)c1)c1cccs1. The van der Waals surface area contributed by atoms with E-state index in [1.165, 1.54) is 12.1 Å². The molecule has 0 saturated carbocycles. The molecule has 1 saturated heterocycles. The number of nitrogens with one attached hydrogen (secondary N) is 1. The zero-order valence-electron chi connectivity index (χ0n) is 13.5. The largest absolute Gasteiger partial charge is 0.391 e. The first-order chi connectivity index (χ1) is 11.6. The lowest BCUT2D eigenvalue weighted by atomic mass is 10.0. The summed E-state index contributed by atoms with van der Waals surface area (Å²) in [5, 5.41) is 15.0. The Morgan fingerprint density at radius 3 is 2.96 bits per heavy atom. The molecule has 2 N–H and O–H groups in total. The van der Waals surface area contributed by atoms with Crippen LogP contribution in [0.2, 0.25) is 0 Å². The number of thiophene rings is 1. The zero-order valence-corrected chi connectivity index (χ0v) is 14.3. The fraction of sp³-hybridized carbons (Fsp3) is 0.389. The Kier molecular flexibility index (Phi) is 5.16. The van der Waals surface area contributed by atoms with E-state index < -0.39 is 6.10 Å². The van der Waals surface area contributed by atoms with Gasteiger partial charge in [-0.1, -0.05) is 25.1 Å². The molecule has 0 unspecified atom stereocenters. The fourth-order valence-corrected chi connectivity index (χ4v) is 4.03. The van der Waals surface area contributed by atoms with Crippen LogP contribution in [0.5, 0.6) is 0 Å². The maximum absolute atomic E-state index is 13.5. The number of hydrogen-bond donors (Lipinski definition) is 2. The lowest BCUT2D eigenvalue weighted by Crippen LogP contribution is -2.41. The number of hydrogen-bond acceptors (Lipinski definition) is 3. The van der Waals surface area contributed by atoms with E-state index in [1.807, 2.05) is 24.4 Å². The minimum Gasteiger partial charge on any atom is -0.391 e. The van der Waals surface area contributed by atoms with Crippen molar-refractivity contribution in [3.63, 3.8) is 0 Å². The zero-order chi connectivity index (χ0) is 17.1. The first-order valence-electron chi connectivity index (χ1n) is 8.12. The van der Waals surface area contributed by atoms with Gasteiger partial charge in [0.25, 0.3) is 0 Å². The Labute approximate surface area is 144 Å².